The van der Waals surface area contributed by atoms with Crippen LogP contribution in [0.1, 0.15) is 43.7 Å². The van der Waals surface area contributed by atoms with E-state index in [2.05, 4.69) is 10.5 Å². The lowest BCUT2D eigenvalue weighted by Crippen LogP contribution is -2.35. The molecular formula is C14H24ClN3O3. The Balaban J connectivity index is 0.00000220. The van der Waals surface area contributed by atoms with E-state index in [-0.39, 0.29) is 30.5 Å². The molecule has 7 heteroatoms. The second-order valence-electron chi connectivity index (χ2n) is 5.02. The number of aryl methyl sites for hydroxylation is 2. The fraction of sp³-hybridized carbons (Fsp3) is 0.714. The molecule has 0 aliphatic carbocycles. The van der Waals surface area contributed by atoms with Gasteiger partial charge < -0.3 is 20.3 Å². The van der Waals surface area contributed by atoms with Crippen molar-refractivity contribution >= 4 is 18.3 Å². The van der Waals surface area contributed by atoms with Crippen molar-refractivity contribution in [2.75, 3.05) is 6.54 Å². The zero-order chi connectivity index (χ0) is 14.5. The summed E-state index contributed by atoms with van der Waals surface area (Å²) in [7, 11) is 0. The predicted molar refractivity (Wildman–Crippen MR) is 81.3 cm³/mol. The number of nitrogens with zero attached hydrogens (tertiary/aromatic N) is 1. The highest BCUT2D eigenvalue weighted by Crippen LogP contribution is 2.20. The van der Waals surface area contributed by atoms with Gasteiger partial charge in [-0.2, -0.15) is 0 Å². The largest absolute Gasteiger partial charge is 0.364 e. The maximum absolute atomic E-state index is 12.1. The molecular weight excluding hydrogens is 294 g/mol. The van der Waals surface area contributed by atoms with Crippen LogP contribution in [0.25, 0.3) is 0 Å². The van der Waals surface area contributed by atoms with E-state index >= 15 is 0 Å². The molecule has 3 N–H and O–H groups in total. The summed E-state index contributed by atoms with van der Waals surface area (Å²) in [5.41, 5.74) is 7.45. The molecule has 2 heterocycles. The number of nitrogens with one attached hydrogen (secondary N) is 1. The van der Waals surface area contributed by atoms with Gasteiger partial charge >= 0.3 is 0 Å². The molecule has 0 aromatic carbocycles. The highest BCUT2D eigenvalue weighted by atomic mass is 35.5. The summed E-state index contributed by atoms with van der Waals surface area (Å²) in [5.74, 6) is 0.764. The van der Waals surface area contributed by atoms with Crippen molar-refractivity contribution in [3.05, 3.63) is 17.0 Å². The summed E-state index contributed by atoms with van der Waals surface area (Å²) >= 11 is 0. The van der Waals surface area contributed by atoms with E-state index in [4.69, 9.17) is 15.0 Å². The number of amides is 1. The Labute approximate surface area is 131 Å². The maximum Gasteiger partial charge on any atom is 0.249 e. The van der Waals surface area contributed by atoms with Crippen molar-refractivity contribution < 1.29 is 14.1 Å². The van der Waals surface area contributed by atoms with Crippen LogP contribution in [0.2, 0.25) is 0 Å². The van der Waals surface area contributed by atoms with Crippen LogP contribution < -0.4 is 11.1 Å². The third-order valence-corrected chi connectivity index (χ3v) is 3.71. The van der Waals surface area contributed by atoms with Crippen LogP contribution in [0.4, 0.5) is 0 Å². The molecule has 1 aromatic rings. The van der Waals surface area contributed by atoms with Crippen molar-refractivity contribution in [1.82, 2.24) is 10.5 Å². The lowest BCUT2D eigenvalue weighted by molar-refractivity contribution is -0.132. The van der Waals surface area contributed by atoms with Gasteiger partial charge in [0.1, 0.15) is 11.9 Å². The Morgan fingerprint density at radius 1 is 1.38 bits per heavy atom. The molecule has 0 unspecified atom stereocenters. The number of carbonyl (C=O) groups excluding carboxylic acids is 1. The van der Waals surface area contributed by atoms with Crippen LogP contribution in [0, 0.1) is 0 Å². The number of nitrogens with two attached hydrogens (primary N) is 1. The average molecular weight is 318 g/mol. The molecule has 2 rings (SSSR count). The van der Waals surface area contributed by atoms with Gasteiger partial charge in [-0.15, -0.1) is 12.4 Å². The molecule has 1 aliphatic rings. The van der Waals surface area contributed by atoms with Gasteiger partial charge in [0.25, 0.3) is 0 Å². The topological polar surface area (TPSA) is 90.4 Å². The first-order valence-electron chi connectivity index (χ1n) is 7.29. The van der Waals surface area contributed by atoms with E-state index in [1.165, 1.54) is 0 Å². The van der Waals surface area contributed by atoms with E-state index in [1.54, 1.807) is 0 Å². The van der Waals surface area contributed by atoms with Crippen molar-refractivity contribution in [2.24, 2.45) is 5.73 Å². The summed E-state index contributed by atoms with van der Waals surface area (Å²) < 4.78 is 10.9. The molecule has 0 saturated carbocycles. The highest BCUT2D eigenvalue weighted by molar-refractivity contribution is 5.85. The van der Waals surface area contributed by atoms with Crippen molar-refractivity contribution in [1.29, 1.82) is 0 Å². The van der Waals surface area contributed by atoms with Crippen LogP contribution >= 0.6 is 12.4 Å². The summed E-state index contributed by atoms with van der Waals surface area (Å²) in [6.45, 7) is 4.95. The normalized spacial score (nSPS) is 21.1. The molecule has 21 heavy (non-hydrogen) atoms. The monoisotopic (exact) mass is 317 g/mol. The fourth-order valence-corrected chi connectivity index (χ4v) is 2.50. The lowest BCUT2D eigenvalue weighted by atomic mass is 10.1. The van der Waals surface area contributed by atoms with Gasteiger partial charge in [0.15, 0.2) is 0 Å². The molecule has 1 fully saturated rings. The van der Waals surface area contributed by atoms with Gasteiger partial charge in [0.2, 0.25) is 5.91 Å². The minimum Gasteiger partial charge on any atom is -0.364 e. The zero-order valence-electron chi connectivity index (χ0n) is 12.6. The Morgan fingerprint density at radius 2 is 2.14 bits per heavy atom. The molecule has 1 aromatic heterocycles. The fourth-order valence-electron chi connectivity index (χ4n) is 2.50. The van der Waals surface area contributed by atoms with Crippen LogP contribution in [-0.4, -0.2) is 29.8 Å². The van der Waals surface area contributed by atoms with E-state index < -0.39 is 0 Å². The number of carbonyl (C=O) groups is 1. The van der Waals surface area contributed by atoms with Gasteiger partial charge in [0.05, 0.1) is 11.8 Å². The second kappa shape index (κ2) is 8.36. The van der Waals surface area contributed by atoms with Gasteiger partial charge in [-0.05, 0) is 19.3 Å². The molecule has 0 radical (unpaired) electrons. The van der Waals surface area contributed by atoms with Crippen molar-refractivity contribution in [2.45, 2.75) is 58.3 Å². The number of halogens is 1. The summed E-state index contributed by atoms with van der Waals surface area (Å²) in [6, 6.07) is 0. The molecule has 6 nitrogen and oxygen atoms in total. The molecule has 120 valence electrons. The van der Waals surface area contributed by atoms with Gasteiger partial charge in [-0.3, -0.25) is 4.79 Å². The van der Waals surface area contributed by atoms with Crippen LogP contribution in [0.15, 0.2) is 4.52 Å². The number of hydrogen-bond acceptors (Lipinski definition) is 5. The van der Waals surface area contributed by atoms with Gasteiger partial charge in [0, 0.05) is 25.1 Å². The first kappa shape index (κ1) is 17.9. The molecule has 1 saturated heterocycles. The average Bonchev–Trinajstić information content (AvgIpc) is 3.10. The zero-order valence-corrected chi connectivity index (χ0v) is 13.4. The number of hydrogen-bond donors (Lipinski definition) is 2. The molecule has 2 atom stereocenters. The number of ether oxygens (including phenoxy) is 1. The minimum absolute atomic E-state index is 0. The van der Waals surface area contributed by atoms with E-state index in [9.17, 15) is 4.79 Å². The first-order valence-corrected chi connectivity index (χ1v) is 7.29. The van der Waals surface area contributed by atoms with Gasteiger partial charge in [-0.25, -0.2) is 0 Å². The lowest BCUT2D eigenvalue weighted by Gasteiger charge is -2.12. The Bertz CT molecular complexity index is 443. The van der Waals surface area contributed by atoms with Crippen molar-refractivity contribution in [3.63, 3.8) is 0 Å². The second-order valence-corrected chi connectivity index (χ2v) is 5.02. The summed E-state index contributed by atoms with van der Waals surface area (Å²) in [6.07, 6.45) is 2.79. The maximum atomic E-state index is 12.1. The highest BCUT2D eigenvalue weighted by Gasteiger charge is 2.30. The Morgan fingerprint density at radius 3 is 2.71 bits per heavy atom. The van der Waals surface area contributed by atoms with Crippen LogP contribution in [-0.2, 0) is 28.9 Å². The third kappa shape index (κ3) is 4.18. The molecule has 1 aliphatic heterocycles. The smallest absolute Gasteiger partial charge is 0.249 e. The quantitative estimate of drug-likeness (QED) is 0.826. The number of rotatable bonds is 6. The SMILES string of the molecule is CCc1noc(CC)c1CNC(=O)[C@@H]1CC[C@H](CN)O1.Cl. The standard InChI is InChI=1S/C14H23N3O3.ClH/c1-3-11-10(12(4-2)20-17-11)8-16-14(18)13-6-5-9(7-15)19-13;/h9,13H,3-8,15H2,1-2H3,(H,16,18);1H/t9-,13+;/m1./s1. The predicted octanol–water partition coefficient (Wildman–Crippen LogP) is 1.34. The van der Waals surface area contributed by atoms with E-state index in [0.29, 0.717) is 13.1 Å². The van der Waals surface area contributed by atoms with Gasteiger partial charge in [-0.1, -0.05) is 19.0 Å². The summed E-state index contributed by atoms with van der Waals surface area (Å²) in [5, 5.41) is 6.95. The van der Waals surface area contributed by atoms with Crippen LogP contribution in [0.3, 0.4) is 0 Å². The molecule has 1 amide bonds. The Kier molecular flexibility index (Phi) is 7.14. The number of aromatic nitrogens is 1. The van der Waals surface area contributed by atoms with E-state index in [1.807, 2.05) is 13.8 Å². The molecule has 0 spiro atoms. The third-order valence-electron chi connectivity index (χ3n) is 3.71. The molecule has 0 bridgehead atoms. The minimum atomic E-state index is -0.376. The summed E-state index contributed by atoms with van der Waals surface area (Å²) in [4.78, 5) is 12.1. The van der Waals surface area contributed by atoms with Crippen LogP contribution in [0.5, 0.6) is 0 Å². The van der Waals surface area contributed by atoms with E-state index in [0.717, 1.165) is 42.7 Å². The first-order chi connectivity index (χ1) is 9.69. The Hall–Kier alpha value is -1.11. The van der Waals surface area contributed by atoms with Crippen molar-refractivity contribution in [3.8, 4) is 0 Å².